The van der Waals surface area contributed by atoms with Gasteiger partial charge in [0.05, 0.1) is 11.4 Å². The van der Waals surface area contributed by atoms with Crippen molar-refractivity contribution in [3.63, 3.8) is 0 Å². The summed E-state index contributed by atoms with van der Waals surface area (Å²) >= 11 is 4.88. The Hall–Kier alpha value is -2.69. The van der Waals surface area contributed by atoms with Crippen molar-refractivity contribution in [3.8, 4) is 28.7 Å². The fourth-order valence-corrected chi connectivity index (χ4v) is 5.56. The Balaban J connectivity index is 1.34. The van der Waals surface area contributed by atoms with E-state index in [1.807, 2.05) is 17.5 Å². The number of aldehydes is 1. The topological polar surface area (TPSA) is 29.5 Å². The van der Waals surface area contributed by atoms with Crippen LogP contribution in [0.25, 0.3) is 11.1 Å². The Morgan fingerprint density at radius 2 is 2.00 bits per heavy atom. The van der Waals surface area contributed by atoms with Gasteiger partial charge in [0.1, 0.15) is 12.4 Å². The molecule has 0 aliphatic rings. The molecular formula is C27H25NO2S3. The number of rotatable bonds is 10. The molecule has 4 rings (SSSR count). The number of carbonyl (C=O) groups is 1. The highest BCUT2D eigenvalue weighted by molar-refractivity contribution is 7.11. The number of benzene rings is 1. The minimum atomic E-state index is 0.575. The Labute approximate surface area is 207 Å². The van der Waals surface area contributed by atoms with Gasteiger partial charge >= 0.3 is 0 Å². The molecule has 1 aromatic carbocycles. The lowest BCUT2D eigenvalue weighted by Gasteiger charge is -2.19. The molecule has 3 aromatic heterocycles. The molecule has 0 N–H and O–H groups in total. The molecule has 4 aromatic rings. The van der Waals surface area contributed by atoms with Crippen molar-refractivity contribution in [1.29, 1.82) is 0 Å². The highest BCUT2D eigenvalue weighted by atomic mass is 32.1. The van der Waals surface area contributed by atoms with Crippen LogP contribution in [-0.4, -0.2) is 24.3 Å². The quantitative estimate of drug-likeness (QED) is 0.174. The summed E-state index contributed by atoms with van der Waals surface area (Å²) in [6.07, 6.45) is 1.94. The van der Waals surface area contributed by atoms with E-state index in [4.69, 9.17) is 4.74 Å². The van der Waals surface area contributed by atoms with Gasteiger partial charge < -0.3 is 4.74 Å². The zero-order valence-electron chi connectivity index (χ0n) is 18.5. The summed E-state index contributed by atoms with van der Waals surface area (Å²) in [5, 5.41) is 8.40. The maximum Gasteiger partial charge on any atom is 0.160 e. The van der Waals surface area contributed by atoms with E-state index in [1.165, 1.54) is 32.9 Å². The molecule has 0 amide bonds. The predicted molar refractivity (Wildman–Crippen MR) is 141 cm³/mol. The largest absolute Gasteiger partial charge is 0.488 e. The first-order valence-corrected chi connectivity index (χ1v) is 13.5. The summed E-state index contributed by atoms with van der Waals surface area (Å²) in [6.45, 7) is 5.24. The van der Waals surface area contributed by atoms with E-state index in [0.29, 0.717) is 18.0 Å². The first kappa shape index (κ1) is 23.5. The van der Waals surface area contributed by atoms with Crippen LogP contribution in [0.2, 0.25) is 0 Å². The van der Waals surface area contributed by atoms with Gasteiger partial charge in [-0.15, -0.1) is 22.7 Å². The third-order valence-electron chi connectivity index (χ3n) is 5.01. The second-order valence-corrected chi connectivity index (χ2v) is 10.3. The van der Waals surface area contributed by atoms with Crippen LogP contribution in [0.5, 0.6) is 5.75 Å². The van der Waals surface area contributed by atoms with E-state index >= 15 is 0 Å². The number of carbonyl (C=O) groups excluding carboxylic acids is 1. The summed E-state index contributed by atoms with van der Waals surface area (Å²) in [6, 6.07) is 14.5. The maximum absolute atomic E-state index is 10.8. The number of thiophene rings is 3. The highest BCUT2D eigenvalue weighted by Crippen LogP contribution is 2.28. The van der Waals surface area contributed by atoms with Gasteiger partial charge in [0.2, 0.25) is 0 Å². The van der Waals surface area contributed by atoms with Crippen molar-refractivity contribution in [3.05, 3.63) is 84.9 Å². The molecule has 0 atom stereocenters. The molecule has 0 saturated carbocycles. The SMILES string of the molecule is CCCN(CC#Cc1csc(C=O)c1)Cc1cccc(OCc2cc(-c3ccsc3)cs2)c1. The van der Waals surface area contributed by atoms with E-state index < -0.39 is 0 Å². The number of hydrogen-bond acceptors (Lipinski definition) is 6. The van der Waals surface area contributed by atoms with Crippen LogP contribution in [0.4, 0.5) is 0 Å². The second-order valence-electron chi connectivity index (χ2n) is 7.62. The fraction of sp³-hybridized carbons (Fsp3) is 0.222. The highest BCUT2D eigenvalue weighted by Gasteiger charge is 2.07. The van der Waals surface area contributed by atoms with Gasteiger partial charge in [-0.2, -0.15) is 11.3 Å². The van der Waals surface area contributed by atoms with Gasteiger partial charge in [-0.1, -0.05) is 30.9 Å². The summed E-state index contributed by atoms with van der Waals surface area (Å²) < 4.78 is 6.10. The standard InChI is InChI=1S/C27H25NO2S3/c1-2-9-28(10-4-6-22-13-26(16-29)32-18-22)15-21-5-3-7-25(12-21)30-17-27-14-24(20-33-27)23-8-11-31-19-23/h3,5,7-8,11-14,16,18-20H,2,9-10,15,17H2,1H3. The van der Waals surface area contributed by atoms with Gasteiger partial charge in [0.15, 0.2) is 6.29 Å². The van der Waals surface area contributed by atoms with E-state index in [0.717, 1.165) is 37.1 Å². The van der Waals surface area contributed by atoms with Crippen molar-refractivity contribution < 1.29 is 9.53 Å². The van der Waals surface area contributed by atoms with Gasteiger partial charge in [-0.3, -0.25) is 9.69 Å². The second kappa shape index (κ2) is 12.0. The first-order chi connectivity index (χ1) is 16.2. The van der Waals surface area contributed by atoms with E-state index in [2.05, 4.69) is 70.1 Å². The van der Waals surface area contributed by atoms with Gasteiger partial charge in [-0.05, 0) is 76.1 Å². The van der Waals surface area contributed by atoms with Crippen LogP contribution in [-0.2, 0) is 13.2 Å². The molecule has 6 heteroatoms. The van der Waals surface area contributed by atoms with Crippen LogP contribution in [0.1, 0.15) is 39.0 Å². The van der Waals surface area contributed by atoms with Crippen LogP contribution >= 0.6 is 34.0 Å². The number of hydrogen-bond donors (Lipinski definition) is 0. The lowest BCUT2D eigenvalue weighted by Crippen LogP contribution is -2.24. The van der Waals surface area contributed by atoms with Crippen molar-refractivity contribution >= 4 is 40.3 Å². The third kappa shape index (κ3) is 6.89. The summed E-state index contributed by atoms with van der Waals surface area (Å²) in [7, 11) is 0. The lowest BCUT2D eigenvalue weighted by atomic mass is 10.2. The molecule has 0 bridgehead atoms. The average molecular weight is 492 g/mol. The molecule has 0 aliphatic heterocycles. The summed E-state index contributed by atoms with van der Waals surface area (Å²) in [4.78, 5) is 15.1. The molecule has 33 heavy (non-hydrogen) atoms. The minimum absolute atomic E-state index is 0.575. The van der Waals surface area contributed by atoms with Crippen molar-refractivity contribution in [2.24, 2.45) is 0 Å². The zero-order valence-corrected chi connectivity index (χ0v) is 20.9. The van der Waals surface area contributed by atoms with Crippen molar-refractivity contribution in [2.75, 3.05) is 13.1 Å². The van der Waals surface area contributed by atoms with Gasteiger partial charge in [-0.25, -0.2) is 0 Å². The molecule has 3 heterocycles. The monoisotopic (exact) mass is 491 g/mol. The minimum Gasteiger partial charge on any atom is -0.488 e. The molecule has 0 radical (unpaired) electrons. The predicted octanol–water partition coefficient (Wildman–Crippen LogP) is 7.19. The Bertz CT molecular complexity index is 1230. The Morgan fingerprint density at radius 3 is 2.79 bits per heavy atom. The Morgan fingerprint density at radius 1 is 1.06 bits per heavy atom. The molecule has 0 spiro atoms. The van der Waals surface area contributed by atoms with E-state index in [9.17, 15) is 4.79 Å². The van der Waals surface area contributed by atoms with Crippen LogP contribution in [0.15, 0.2) is 64.0 Å². The number of ether oxygens (including phenoxy) is 1. The Kier molecular flexibility index (Phi) is 8.51. The molecule has 168 valence electrons. The molecule has 0 unspecified atom stereocenters. The molecular weight excluding hydrogens is 467 g/mol. The zero-order chi connectivity index (χ0) is 22.9. The van der Waals surface area contributed by atoms with Gasteiger partial charge in [0.25, 0.3) is 0 Å². The number of nitrogens with zero attached hydrogens (tertiary/aromatic N) is 1. The fourth-order valence-electron chi connectivity index (χ4n) is 3.45. The van der Waals surface area contributed by atoms with Crippen molar-refractivity contribution in [2.45, 2.75) is 26.5 Å². The average Bonchev–Trinajstić information content (AvgIpc) is 3.60. The maximum atomic E-state index is 10.8. The van der Waals surface area contributed by atoms with E-state index in [1.54, 1.807) is 22.7 Å². The normalized spacial score (nSPS) is 10.7. The van der Waals surface area contributed by atoms with E-state index in [-0.39, 0.29) is 0 Å². The molecule has 0 saturated heterocycles. The van der Waals surface area contributed by atoms with Crippen molar-refractivity contribution in [1.82, 2.24) is 4.90 Å². The van der Waals surface area contributed by atoms with Crippen LogP contribution in [0, 0.1) is 11.8 Å². The van der Waals surface area contributed by atoms with Gasteiger partial charge in [0, 0.05) is 22.4 Å². The third-order valence-corrected chi connectivity index (χ3v) is 7.46. The lowest BCUT2D eigenvalue weighted by molar-refractivity contribution is 0.112. The molecule has 0 fully saturated rings. The molecule has 0 aliphatic carbocycles. The first-order valence-electron chi connectivity index (χ1n) is 10.8. The smallest absolute Gasteiger partial charge is 0.160 e. The molecule has 3 nitrogen and oxygen atoms in total. The summed E-state index contributed by atoms with van der Waals surface area (Å²) in [5.41, 5.74) is 4.65. The summed E-state index contributed by atoms with van der Waals surface area (Å²) in [5.74, 6) is 7.32. The van der Waals surface area contributed by atoms with Crippen LogP contribution in [0.3, 0.4) is 0 Å². The van der Waals surface area contributed by atoms with Crippen LogP contribution < -0.4 is 4.74 Å².